The number of anilines is 1. The average molecular weight is 393 g/mol. The third-order valence-electron chi connectivity index (χ3n) is 4.69. The van der Waals surface area contributed by atoms with Gasteiger partial charge >= 0.3 is 11.0 Å². The Morgan fingerprint density at radius 3 is 2.68 bits per heavy atom. The summed E-state index contributed by atoms with van der Waals surface area (Å²) in [4.78, 5) is 24.0. The van der Waals surface area contributed by atoms with Crippen molar-refractivity contribution in [3.63, 3.8) is 0 Å². The van der Waals surface area contributed by atoms with Crippen molar-refractivity contribution < 1.29 is 13.9 Å². The monoisotopic (exact) mass is 393 g/mol. The van der Waals surface area contributed by atoms with Crippen LogP contribution in [-0.2, 0) is 0 Å². The Balaban J connectivity index is 1.68. The first kappa shape index (κ1) is 18.3. The van der Waals surface area contributed by atoms with Crippen LogP contribution >= 0.6 is 11.3 Å². The number of nitrogens with one attached hydrogen (secondary N) is 1. The molecule has 3 aromatic carbocycles. The van der Waals surface area contributed by atoms with E-state index in [1.54, 1.807) is 6.07 Å². The first-order chi connectivity index (χ1) is 13.4. The molecule has 0 saturated carbocycles. The van der Waals surface area contributed by atoms with Crippen molar-refractivity contribution in [3.8, 4) is 5.75 Å². The maximum atomic E-state index is 12.6. The largest absolute Gasteiger partial charge is 0.417 e. The quantitative estimate of drug-likeness (QED) is 0.460. The third kappa shape index (κ3) is 3.27. The first-order valence-electron chi connectivity index (χ1n) is 8.98. The number of benzene rings is 3. The van der Waals surface area contributed by atoms with Crippen molar-refractivity contribution >= 4 is 44.2 Å². The molecule has 4 aromatic rings. The zero-order valence-corrected chi connectivity index (χ0v) is 16.6. The predicted molar refractivity (Wildman–Crippen MR) is 113 cm³/mol. The Morgan fingerprint density at radius 2 is 1.89 bits per heavy atom. The fraction of sp³-hybridized carbons (Fsp3) is 0.182. The van der Waals surface area contributed by atoms with Crippen molar-refractivity contribution in [2.24, 2.45) is 0 Å². The van der Waals surface area contributed by atoms with E-state index >= 15 is 0 Å². The van der Waals surface area contributed by atoms with Gasteiger partial charge in [0, 0.05) is 16.5 Å². The van der Waals surface area contributed by atoms with Gasteiger partial charge in [0.1, 0.15) is 5.75 Å². The van der Waals surface area contributed by atoms with Gasteiger partial charge in [0.05, 0.1) is 10.4 Å². The molecule has 0 bridgehead atoms. The van der Waals surface area contributed by atoms with Gasteiger partial charge in [-0.15, -0.1) is 0 Å². The molecule has 142 valence electrons. The van der Waals surface area contributed by atoms with Gasteiger partial charge < -0.3 is 9.15 Å². The molecule has 0 aliphatic carbocycles. The van der Waals surface area contributed by atoms with E-state index in [4.69, 9.17) is 9.15 Å². The van der Waals surface area contributed by atoms with Crippen molar-refractivity contribution in [3.05, 3.63) is 69.4 Å². The first-order valence-corrected chi connectivity index (χ1v) is 9.79. The van der Waals surface area contributed by atoms with Crippen molar-refractivity contribution in [1.82, 2.24) is 0 Å². The molecule has 28 heavy (non-hydrogen) atoms. The fourth-order valence-electron chi connectivity index (χ4n) is 3.25. The van der Waals surface area contributed by atoms with Crippen LogP contribution in [-0.4, -0.2) is 6.09 Å². The molecular weight excluding hydrogens is 374 g/mol. The Hall–Kier alpha value is -3.12. The Morgan fingerprint density at radius 1 is 1.14 bits per heavy atom. The molecular formula is C22H19NO4S. The molecule has 0 aliphatic heterocycles. The SMILES string of the molecule is Cc1c(OC(=O)Nc2cccc3ccccc23)cc(C(C)C)c2oc(=O)sc12. The minimum Gasteiger partial charge on any atom is -0.414 e. The number of rotatable bonds is 3. The molecule has 0 spiro atoms. The Kier molecular flexibility index (Phi) is 4.65. The van der Waals surface area contributed by atoms with E-state index in [0.29, 0.717) is 27.3 Å². The van der Waals surface area contributed by atoms with Crippen LogP contribution in [0, 0.1) is 6.92 Å². The summed E-state index contributed by atoms with van der Waals surface area (Å²) in [5.41, 5.74) is 2.80. The van der Waals surface area contributed by atoms with E-state index in [1.165, 1.54) is 0 Å². The summed E-state index contributed by atoms with van der Waals surface area (Å²) in [6.07, 6.45) is -0.579. The van der Waals surface area contributed by atoms with Crippen LogP contribution in [0.3, 0.4) is 0 Å². The van der Waals surface area contributed by atoms with Gasteiger partial charge in [-0.25, -0.2) is 9.59 Å². The number of amides is 1. The van der Waals surface area contributed by atoms with Gasteiger partial charge in [0.15, 0.2) is 5.58 Å². The lowest BCUT2D eigenvalue weighted by Gasteiger charge is -2.14. The second-order valence-electron chi connectivity index (χ2n) is 6.90. The molecule has 4 rings (SSSR count). The van der Waals surface area contributed by atoms with Gasteiger partial charge in [-0.3, -0.25) is 5.32 Å². The average Bonchev–Trinajstić information content (AvgIpc) is 3.06. The van der Waals surface area contributed by atoms with Crippen LogP contribution in [0.4, 0.5) is 10.5 Å². The topological polar surface area (TPSA) is 68.5 Å². The summed E-state index contributed by atoms with van der Waals surface area (Å²) >= 11 is 1.02. The third-order valence-corrected chi connectivity index (χ3v) is 5.63. The lowest BCUT2D eigenvalue weighted by Crippen LogP contribution is -2.17. The second-order valence-corrected chi connectivity index (χ2v) is 7.84. The Labute approximate surface area is 165 Å². The highest BCUT2D eigenvalue weighted by Gasteiger charge is 2.19. The normalized spacial score (nSPS) is 11.3. The minimum absolute atomic E-state index is 0.115. The van der Waals surface area contributed by atoms with Crippen LogP contribution in [0.25, 0.3) is 21.1 Å². The molecule has 0 fully saturated rings. The number of carbonyl (C=O) groups excluding carboxylic acids is 1. The zero-order chi connectivity index (χ0) is 19.8. The molecule has 0 aliphatic rings. The minimum atomic E-state index is -0.579. The number of aryl methyl sites for hydroxylation is 1. The number of fused-ring (bicyclic) bond motifs is 2. The summed E-state index contributed by atoms with van der Waals surface area (Å²) in [7, 11) is 0. The number of hydrogen-bond acceptors (Lipinski definition) is 5. The van der Waals surface area contributed by atoms with Crippen molar-refractivity contribution in [2.45, 2.75) is 26.7 Å². The second kappa shape index (κ2) is 7.13. The Bertz CT molecular complexity index is 1250. The van der Waals surface area contributed by atoms with Crippen molar-refractivity contribution in [2.75, 3.05) is 5.32 Å². The zero-order valence-electron chi connectivity index (χ0n) is 15.7. The molecule has 0 saturated heterocycles. The summed E-state index contributed by atoms with van der Waals surface area (Å²) < 4.78 is 11.7. The number of ether oxygens (including phenoxy) is 1. The van der Waals surface area contributed by atoms with Crippen molar-refractivity contribution in [1.29, 1.82) is 0 Å². The van der Waals surface area contributed by atoms with E-state index in [-0.39, 0.29) is 10.9 Å². The summed E-state index contributed by atoms with van der Waals surface area (Å²) in [5, 5.41) is 4.79. The molecule has 1 amide bonds. The lowest BCUT2D eigenvalue weighted by molar-refractivity contribution is 0.215. The van der Waals surface area contributed by atoms with E-state index in [0.717, 1.165) is 27.7 Å². The van der Waals surface area contributed by atoms with Gasteiger partial charge in [-0.1, -0.05) is 61.6 Å². The van der Waals surface area contributed by atoms with Crippen LogP contribution in [0.1, 0.15) is 30.9 Å². The van der Waals surface area contributed by atoms with Crippen LogP contribution in [0.2, 0.25) is 0 Å². The molecule has 0 unspecified atom stereocenters. The van der Waals surface area contributed by atoms with E-state index in [1.807, 2.05) is 63.2 Å². The smallest absolute Gasteiger partial charge is 0.414 e. The molecule has 1 N–H and O–H groups in total. The molecule has 6 heteroatoms. The number of carbonyl (C=O) groups is 1. The lowest BCUT2D eigenvalue weighted by atomic mass is 10.0. The summed E-state index contributed by atoms with van der Waals surface area (Å²) in [5.74, 6) is 0.537. The highest BCUT2D eigenvalue weighted by molar-refractivity contribution is 7.16. The highest BCUT2D eigenvalue weighted by Crippen LogP contribution is 2.36. The van der Waals surface area contributed by atoms with Crippen LogP contribution < -0.4 is 15.0 Å². The molecule has 1 aromatic heterocycles. The standard InChI is InChI=1S/C22H19NO4S/c1-12(2)16-11-18(13(3)20-19(16)27-22(25)28-20)26-21(24)23-17-10-6-8-14-7-4-5-9-15(14)17/h4-12H,1-3H3,(H,23,24). The predicted octanol–water partition coefficient (Wildman–Crippen LogP) is 6.05. The van der Waals surface area contributed by atoms with E-state index < -0.39 is 6.09 Å². The molecule has 5 nitrogen and oxygen atoms in total. The van der Waals surface area contributed by atoms with E-state index in [2.05, 4.69) is 5.32 Å². The molecule has 0 radical (unpaired) electrons. The van der Waals surface area contributed by atoms with Crippen LogP contribution in [0.15, 0.2) is 57.7 Å². The maximum absolute atomic E-state index is 12.6. The summed E-state index contributed by atoms with van der Waals surface area (Å²) in [6.45, 7) is 5.82. The van der Waals surface area contributed by atoms with Gasteiger partial charge in [-0.2, -0.15) is 0 Å². The fourth-order valence-corrected chi connectivity index (χ4v) is 4.05. The highest BCUT2D eigenvalue weighted by atomic mass is 32.1. The summed E-state index contributed by atoms with van der Waals surface area (Å²) in [6, 6.07) is 15.3. The maximum Gasteiger partial charge on any atom is 0.417 e. The van der Waals surface area contributed by atoms with E-state index in [9.17, 15) is 9.59 Å². The van der Waals surface area contributed by atoms with Gasteiger partial charge in [-0.05, 0) is 30.4 Å². The molecule has 0 atom stereocenters. The number of hydrogen-bond donors (Lipinski definition) is 1. The van der Waals surface area contributed by atoms with Crippen LogP contribution in [0.5, 0.6) is 5.75 Å². The molecule has 1 heterocycles. The van der Waals surface area contributed by atoms with Gasteiger partial charge in [0.25, 0.3) is 0 Å². The van der Waals surface area contributed by atoms with Gasteiger partial charge in [0.2, 0.25) is 0 Å².